The van der Waals surface area contributed by atoms with Gasteiger partial charge in [-0.1, -0.05) is 12.1 Å². The highest BCUT2D eigenvalue weighted by Gasteiger charge is 2.17. The fourth-order valence-corrected chi connectivity index (χ4v) is 3.34. The van der Waals surface area contributed by atoms with E-state index in [0.29, 0.717) is 18.2 Å². The number of nitrogens with zero attached hydrogens (tertiary/aromatic N) is 3. The van der Waals surface area contributed by atoms with Crippen molar-refractivity contribution in [2.24, 2.45) is 4.99 Å². The van der Waals surface area contributed by atoms with Crippen LogP contribution >= 0.6 is 0 Å². The Kier molecular flexibility index (Phi) is 4.29. The molecule has 3 heterocycles. The number of nitrogens with one attached hydrogen (secondary N) is 1. The lowest BCUT2D eigenvalue weighted by molar-refractivity contribution is 0.408. The molecule has 0 spiro atoms. The van der Waals surface area contributed by atoms with E-state index in [-0.39, 0.29) is 0 Å². The van der Waals surface area contributed by atoms with Gasteiger partial charge in [-0.3, -0.25) is 9.98 Å². The molecule has 0 atom stereocenters. The highest BCUT2D eigenvalue weighted by atomic mass is 16.5. The van der Waals surface area contributed by atoms with E-state index >= 15 is 0 Å². The average Bonchev–Trinajstić information content (AvgIpc) is 3.17. The second kappa shape index (κ2) is 7.24. The van der Waals surface area contributed by atoms with Crippen LogP contribution in [0.25, 0.3) is 10.8 Å². The number of benzene rings is 2. The average molecular weight is 382 g/mol. The summed E-state index contributed by atoms with van der Waals surface area (Å²) in [5.41, 5.74) is 2.98. The van der Waals surface area contributed by atoms with E-state index in [9.17, 15) is 0 Å². The van der Waals surface area contributed by atoms with Crippen LogP contribution in [0.4, 0.5) is 5.69 Å². The van der Waals surface area contributed by atoms with Crippen LogP contribution in [-0.2, 0) is 6.54 Å². The standard InChI is InChI=1S/C23H18N4O2/c1-28-18-5-2-6-19(13-18)29-23-20-8-7-17(12-15(20)9-11-25-23)27-22-21-16(14-26-22)4-3-10-24-21/h2-13H,14H2,1H3,(H,26,27). The fraction of sp³-hybridized carbons (Fsp3) is 0.0870. The number of aliphatic imine (C=N–C) groups is 1. The number of methoxy groups -OCH3 is 1. The molecule has 4 aromatic rings. The molecule has 0 bridgehead atoms. The molecule has 2 aromatic carbocycles. The molecule has 142 valence electrons. The maximum absolute atomic E-state index is 6.01. The van der Waals surface area contributed by atoms with E-state index in [2.05, 4.69) is 32.4 Å². The zero-order valence-corrected chi connectivity index (χ0v) is 15.8. The van der Waals surface area contributed by atoms with Gasteiger partial charge in [0.2, 0.25) is 5.88 Å². The fourth-order valence-electron chi connectivity index (χ4n) is 3.34. The molecule has 6 nitrogen and oxygen atoms in total. The molecule has 1 aliphatic rings. The maximum atomic E-state index is 6.01. The van der Waals surface area contributed by atoms with Crippen molar-refractivity contribution in [1.29, 1.82) is 0 Å². The van der Waals surface area contributed by atoms with Crippen molar-refractivity contribution in [2.75, 3.05) is 12.4 Å². The molecule has 1 N–H and O–H groups in total. The van der Waals surface area contributed by atoms with Gasteiger partial charge in [0.25, 0.3) is 0 Å². The molecule has 2 aromatic heterocycles. The van der Waals surface area contributed by atoms with Crippen molar-refractivity contribution in [3.8, 4) is 17.4 Å². The van der Waals surface area contributed by atoms with Gasteiger partial charge in [0.05, 0.1) is 13.7 Å². The molecule has 6 heteroatoms. The minimum absolute atomic E-state index is 0.549. The highest BCUT2D eigenvalue weighted by Crippen LogP contribution is 2.31. The number of pyridine rings is 2. The first-order valence-electron chi connectivity index (χ1n) is 9.26. The van der Waals surface area contributed by atoms with E-state index in [1.807, 2.05) is 48.5 Å². The Morgan fingerprint density at radius 3 is 2.76 bits per heavy atom. The Morgan fingerprint density at radius 1 is 0.897 bits per heavy atom. The number of hydrogen-bond acceptors (Lipinski definition) is 6. The largest absolute Gasteiger partial charge is 0.497 e. The number of hydrogen-bond donors (Lipinski definition) is 1. The second-order valence-corrected chi connectivity index (χ2v) is 6.63. The lowest BCUT2D eigenvalue weighted by Gasteiger charge is -2.11. The summed E-state index contributed by atoms with van der Waals surface area (Å²) in [6.45, 7) is 0.654. The lowest BCUT2D eigenvalue weighted by atomic mass is 10.1. The van der Waals surface area contributed by atoms with Crippen LogP contribution in [0.5, 0.6) is 17.4 Å². The Hall–Kier alpha value is -3.93. The molecule has 0 unspecified atom stereocenters. The molecule has 0 amide bonds. The molecule has 0 saturated heterocycles. The summed E-state index contributed by atoms with van der Waals surface area (Å²) in [6.07, 6.45) is 3.53. The van der Waals surface area contributed by atoms with Crippen LogP contribution in [-0.4, -0.2) is 22.9 Å². The zero-order chi connectivity index (χ0) is 19.6. The number of ether oxygens (including phenoxy) is 2. The summed E-state index contributed by atoms with van der Waals surface area (Å²) in [6, 6.07) is 19.5. The summed E-state index contributed by atoms with van der Waals surface area (Å²) in [4.78, 5) is 13.4. The van der Waals surface area contributed by atoms with Crippen molar-refractivity contribution < 1.29 is 9.47 Å². The third-order valence-electron chi connectivity index (χ3n) is 4.77. The van der Waals surface area contributed by atoms with Gasteiger partial charge in [0, 0.05) is 35.1 Å². The van der Waals surface area contributed by atoms with Gasteiger partial charge in [-0.05, 0) is 47.9 Å². The zero-order valence-electron chi connectivity index (χ0n) is 15.8. The molecule has 1 aliphatic heterocycles. The van der Waals surface area contributed by atoms with Gasteiger partial charge in [-0.15, -0.1) is 0 Å². The predicted molar refractivity (Wildman–Crippen MR) is 113 cm³/mol. The molecule has 0 radical (unpaired) electrons. The van der Waals surface area contributed by atoms with Crippen molar-refractivity contribution in [1.82, 2.24) is 9.97 Å². The van der Waals surface area contributed by atoms with Crippen LogP contribution in [0.3, 0.4) is 0 Å². The van der Waals surface area contributed by atoms with Crippen LogP contribution < -0.4 is 14.8 Å². The first kappa shape index (κ1) is 17.2. The number of aromatic nitrogens is 2. The Bertz CT molecular complexity index is 1240. The minimum Gasteiger partial charge on any atom is -0.497 e. The molecule has 0 aliphatic carbocycles. The smallest absolute Gasteiger partial charge is 0.227 e. The summed E-state index contributed by atoms with van der Waals surface area (Å²) >= 11 is 0. The lowest BCUT2D eigenvalue weighted by Crippen LogP contribution is -2.13. The molecule has 29 heavy (non-hydrogen) atoms. The number of amidine groups is 1. The van der Waals surface area contributed by atoms with Crippen LogP contribution in [0.2, 0.25) is 0 Å². The normalized spacial score (nSPS) is 12.4. The number of fused-ring (bicyclic) bond motifs is 2. The van der Waals surface area contributed by atoms with E-state index in [0.717, 1.165) is 39.3 Å². The second-order valence-electron chi connectivity index (χ2n) is 6.63. The molecule has 0 saturated carbocycles. The van der Waals surface area contributed by atoms with Gasteiger partial charge >= 0.3 is 0 Å². The van der Waals surface area contributed by atoms with Gasteiger partial charge in [-0.2, -0.15) is 0 Å². The molecular formula is C23H18N4O2. The van der Waals surface area contributed by atoms with Gasteiger partial charge in [0.1, 0.15) is 17.2 Å². The molecule has 0 fully saturated rings. The first-order valence-corrected chi connectivity index (χ1v) is 9.26. The molecular weight excluding hydrogens is 364 g/mol. The number of anilines is 1. The summed E-state index contributed by atoms with van der Waals surface area (Å²) in [7, 11) is 1.63. The van der Waals surface area contributed by atoms with Gasteiger partial charge < -0.3 is 14.8 Å². The number of rotatable bonds is 4. The van der Waals surface area contributed by atoms with E-state index in [1.54, 1.807) is 19.5 Å². The Labute approximate surface area is 167 Å². The Morgan fingerprint density at radius 2 is 1.83 bits per heavy atom. The van der Waals surface area contributed by atoms with E-state index in [1.165, 1.54) is 0 Å². The van der Waals surface area contributed by atoms with E-state index in [4.69, 9.17) is 9.47 Å². The van der Waals surface area contributed by atoms with Crippen molar-refractivity contribution in [3.63, 3.8) is 0 Å². The van der Waals surface area contributed by atoms with Crippen LogP contribution in [0.1, 0.15) is 11.3 Å². The third-order valence-corrected chi connectivity index (χ3v) is 4.77. The van der Waals surface area contributed by atoms with Crippen LogP contribution in [0.15, 0.2) is 78.0 Å². The van der Waals surface area contributed by atoms with Crippen molar-refractivity contribution in [2.45, 2.75) is 6.54 Å². The Balaban J connectivity index is 1.43. The third kappa shape index (κ3) is 3.36. The van der Waals surface area contributed by atoms with Crippen molar-refractivity contribution >= 4 is 22.3 Å². The van der Waals surface area contributed by atoms with Gasteiger partial charge in [0.15, 0.2) is 5.84 Å². The predicted octanol–water partition coefficient (Wildman–Crippen LogP) is 4.80. The monoisotopic (exact) mass is 382 g/mol. The van der Waals surface area contributed by atoms with Gasteiger partial charge in [-0.25, -0.2) is 4.98 Å². The van der Waals surface area contributed by atoms with Crippen LogP contribution in [0, 0.1) is 0 Å². The SMILES string of the molecule is COc1cccc(Oc2nccc3cc(NC4=NCc5cccnc54)ccc23)c1. The van der Waals surface area contributed by atoms with Crippen molar-refractivity contribution in [3.05, 3.63) is 84.3 Å². The highest BCUT2D eigenvalue weighted by molar-refractivity contribution is 6.10. The maximum Gasteiger partial charge on any atom is 0.227 e. The summed E-state index contributed by atoms with van der Waals surface area (Å²) in [5.74, 6) is 2.75. The topological polar surface area (TPSA) is 68.6 Å². The molecule has 5 rings (SSSR count). The summed E-state index contributed by atoms with van der Waals surface area (Å²) in [5, 5.41) is 5.32. The first-order chi connectivity index (χ1) is 14.3. The quantitative estimate of drug-likeness (QED) is 0.549. The van der Waals surface area contributed by atoms with E-state index < -0.39 is 0 Å². The summed E-state index contributed by atoms with van der Waals surface area (Å²) < 4.78 is 11.3. The minimum atomic E-state index is 0.549.